The third-order valence-corrected chi connectivity index (χ3v) is 5.80. The number of H-pyrrole nitrogens is 1. The Balaban J connectivity index is 2.41. The molecule has 0 saturated carbocycles. The molecule has 0 spiro atoms. The summed E-state index contributed by atoms with van der Waals surface area (Å²) in [5.74, 6) is 0. The normalized spacial score (nSPS) is 12.1. The molecule has 2 aromatic rings. The number of nitrogens with one attached hydrogen (secondary N) is 2. The lowest BCUT2D eigenvalue weighted by Crippen LogP contribution is -2.13. The Bertz CT molecular complexity index is 715. The molecule has 110 valence electrons. The number of thiophene rings is 1. The predicted molar refractivity (Wildman–Crippen MR) is 72.9 cm³/mol. The van der Waals surface area contributed by atoms with Crippen molar-refractivity contribution in [3.8, 4) is 0 Å². The third-order valence-electron chi connectivity index (χ3n) is 2.83. The number of aromatic amines is 1. The largest absolute Gasteiger partial charge is 0.284 e. The molecule has 2 heterocycles. The quantitative estimate of drug-likeness (QED) is 0.908. The molecule has 0 fully saturated rings. The van der Waals surface area contributed by atoms with Gasteiger partial charge in [0.1, 0.15) is 4.21 Å². The van der Waals surface area contributed by atoms with Gasteiger partial charge in [0.05, 0.1) is 11.4 Å². The fourth-order valence-corrected chi connectivity index (χ4v) is 4.25. The van der Waals surface area contributed by atoms with E-state index in [1.165, 1.54) is 13.0 Å². The van der Waals surface area contributed by atoms with Crippen molar-refractivity contribution < 1.29 is 17.2 Å². The van der Waals surface area contributed by atoms with Crippen molar-refractivity contribution in [1.29, 1.82) is 0 Å². The molecule has 5 nitrogen and oxygen atoms in total. The molecule has 0 aliphatic carbocycles. The van der Waals surface area contributed by atoms with E-state index in [4.69, 9.17) is 0 Å². The van der Waals surface area contributed by atoms with Gasteiger partial charge in [-0.3, -0.25) is 9.82 Å². The van der Waals surface area contributed by atoms with Crippen LogP contribution in [-0.2, 0) is 10.0 Å². The smallest absolute Gasteiger partial charge is 0.280 e. The first kappa shape index (κ1) is 14.9. The van der Waals surface area contributed by atoms with Crippen molar-refractivity contribution in [2.75, 3.05) is 4.72 Å². The summed E-state index contributed by atoms with van der Waals surface area (Å²) in [6.07, 6.45) is -2.86. The monoisotopic (exact) mass is 321 g/mol. The van der Waals surface area contributed by atoms with Crippen LogP contribution in [0.15, 0.2) is 10.3 Å². The SMILES string of the molecule is Cc1cc(S(=O)(=O)Nc2c(C(F)F)n[nH]c2C)sc1C. The Kier molecular flexibility index (Phi) is 3.83. The highest BCUT2D eigenvalue weighted by Gasteiger charge is 2.25. The maximum absolute atomic E-state index is 12.8. The molecule has 9 heteroatoms. The van der Waals surface area contributed by atoms with E-state index in [0.717, 1.165) is 21.8 Å². The van der Waals surface area contributed by atoms with Crippen molar-refractivity contribution in [1.82, 2.24) is 10.2 Å². The van der Waals surface area contributed by atoms with Gasteiger partial charge in [-0.15, -0.1) is 11.3 Å². The van der Waals surface area contributed by atoms with Crippen LogP contribution < -0.4 is 4.72 Å². The molecule has 0 amide bonds. The summed E-state index contributed by atoms with van der Waals surface area (Å²) in [4.78, 5) is 0.864. The van der Waals surface area contributed by atoms with Gasteiger partial charge in [0.15, 0.2) is 5.69 Å². The molecule has 0 aliphatic rings. The van der Waals surface area contributed by atoms with Gasteiger partial charge in [0.2, 0.25) is 0 Å². The van der Waals surface area contributed by atoms with Crippen LogP contribution in [0.2, 0.25) is 0 Å². The van der Waals surface area contributed by atoms with E-state index in [1.54, 1.807) is 13.8 Å². The second-order valence-corrected chi connectivity index (χ2v) is 7.49. The summed E-state index contributed by atoms with van der Waals surface area (Å²) in [7, 11) is -3.89. The van der Waals surface area contributed by atoms with Crippen molar-refractivity contribution >= 4 is 27.0 Å². The summed E-state index contributed by atoms with van der Waals surface area (Å²) in [5.41, 5.74) is 0.294. The second-order valence-electron chi connectivity index (χ2n) is 4.32. The Morgan fingerprint density at radius 2 is 2.00 bits per heavy atom. The average Bonchev–Trinajstić information content (AvgIpc) is 2.85. The van der Waals surface area contributed by atoms with Crippen molar-refractivity contribution in [3.63, 3.8) is 0 Å². The van der Waals surface area contributed by atoms with E-state index in [0.29, 0.717) is 0 Å². The van der Waals surface area contributed by atoms with E-state index in [9.17, 15) is 17.2 Å². The topological polar surface area (TPSA) is 74.8 Å². The lowest BCUT2D eigenvalue weighted by molar-refractivity contribution is 0.147. The number of aromatic nitrogens is 2. The van der Waals surface area contributed by atoms with Gasteiger partial charge in [-0.2, -0.15) is 5.10 Å². The average molecular weight is 321 g/mol. The van der Waals surface area contributed by atoms with Crippen LogP contribution >= 0.6 is 11.3 Å². The molecule has 20 heavy (non-hydrogen) atoms. The minimum atomic E-state index is -3.89. The van der Waals surface area contributed by atoms with E-state index < -0.39 is 22.1 Å². The maximum atomic E-state index is 12.8. The van der Waals surface area contributed by atoms with Crippen molar-refractivity contribution in [2.24, 2.45) is 0 Å². The number of aryl methyl sites for hydroxylation is 3. The Morgan fingerprint density at radius 3 is 2.50 bits per heavy atom. The number of anilines is 1. The number of hydrogen-bond acceptors (Lipinski definition) is 4. The lowest BCUT2D eigenvalue weighted by Gasteiger charge is -2.07. The van der Waals surface area contributed by atoms with Crippen LogP contribution in [0, 0.1) is 20.8 Å². The first-order chi connectivity index (χ1) is 9.22. The highest BCUT2D eigenvalue weighted by Crippen LogP contribution is 2.31. The Hall–Kier alpha value is -1.48. The number of sulfonamides is 1. The van der Waals surface area contributed by atoms with E-state index in [-0.39, 0.29) is 15.6 Å². The number of nitrogens with zero attached hydrogens (tertiary/aromatic N) is 1. The lowest BCUT2D eigenvalue weighted by atomic mass is 10.3. The fraction of sp³-hybridized carbons (Fsp3) is 0.364. The van der Waals surface area contributed by atoms with Crippen LogP contribution in [0.1, 0.15) is 28.3 Å². The minimum Gasteiger partial charge on any atom is -0.280 e. The fourth-order valence-electron chi connectivity index (χ4n) is 1.59. The molecule has 0 unspecified atom stereocenters. The zero-order valence-electron chi connectivity index (χ0n) is 11.0. The Morgan fingerprint density at radius 1 is 1.35 bits per heavy atom. The van der Waals surface area contributed by atoms with Gasteiger partial charge >= 0.3 is 0 Å². The molecule has 2 rings (SSSR count). The number of rotatable bonds is 4. The van der Waals surface area contributed by atoms with Gasteiger partial charge in [-0.25, -0.2) is 17.2 Å². The molecule has 0 bridgehead atoms. The van der Waals surface area contributed by atoms with Gasteiger partial charge in [0.25, 0.3) is 16.4 Å². The van der Waals surface area contributed by atoms with Crippen LogP contribution in [-0.4, -0.2) is 18.6 Å². The van der Waals surface area contributed by atoms with Gasteiger partial charge in [-0.1, -0.05) is 0 Å². The number of halogens is 2. The summed E-state index contributed by atoms with van der Waals surface area (Å²) >= 11 is 1.09. The van der Waals surface area contributed by atoms with E-state index >= 15 is 0 Å². The second kappa shape index (κ2) is 5.13. The molecule has 0 radical (unpaired) electrons. The summed E-state index contributed by atoms with van der Waals surface area (Å²) in [5, 5.41) is 5.77. The summed E-state index contributed by atoms with van der Waals surface area (Å²) in [6.45, 7) is 5.06. The molecule has 0 saturated heterocycles. The zero-order valence-corrected chi connectivity index (χ0v) is 12.6. The molecule has 0 aliphatic heterocycles. The van der Waals surface area contributed by atoms with Gasteiger partial charge < -0.3 is 0 Å². The van der Waals surface area contributed by atoms with Crippen molar-refractivity contribution in [2.45, 2.75) is 31.4 Å². The van der Waals surface area contributed by atoms with Crippen molar-refractivity contribution in [3.05, 3.63) is 27.9 Å². The molecule has 2 N–H and O–H groups in total. The van der Waals surface area contributed by atoms with E-state index in [2.05, 4.69) is 14.9 Å². The standard InChI is InChI=1S/C11H13F2N3O2S2/c1-5-4-8(19-7(5)3)20(17,18)16-9-6(2)14-15-10(9)11(12)13/h4,11,16H,1-3H3,(H,14,15). The van der Waals surface area contributed by atoms with Gasteiger partial charge in [0, 0.05) is 4.88 Å². The summed E-state index contributed by atoms with van der Waals surface area (Å²) < 4.78 is 52.2. The zero-order chi connectivity index (χ0) is 15.1. The molecule has 0 atom stereocenters. The third kappa shape index (κ3) is 2.68. The van der Waals surface area contributed by atoms with Crippen LogP contribution in [0.25, 0.3) is 0 Å². The van der Waals surface area contributed by atoms with Crippen LogP contribution in [0.4, 0.5) is 14.5 Å². The summed E-state index contributed by atoms with van der Waals surface area (Å²) in [6, 6.07) is 1.51. The first-order valence-electron chi connectivity index (χ1n) is 5.65. The highest BCUT2D eigenvalue weighted by molar-refractivity contribution is 7.94. The number of hydrogen-bond donors (Lipinski definition) is 2. The molecular weight excluding hydrogens is 308 g/mol. The van der Waals surface area contributed by atoms with E-state index in [1.807, 2.05) is 0 Å². The first-order valence-corrected chi connectivity index (χ1v) is 7.95. The highest BCUT2D eigenvalue weighted by atomic mass is 32.2. The maximum Gasteiger partial charge on any atom is 0.284 e. The predicted octanol–water partition coefficient (Wildman–Crippen LogP) is 3.13. The van der Waals surface area contributed by atoms with Crippen LogP contribution in [0.5, 0.6) is 0 Å². The molecule has 2 aromatic heterocycles. The number of alkyl halides is 2. The minimum absolute atomic E-state index is 0.0910. The molecule has 0 aromatic carbocycles. The molecular formula is C11H13F2N3O2S2. The van der Waals surface area contributed by atoms with Gasteiger partial charge in [-0.05, 0) is 32.4 Å². The Labute approximate surface area is 119 Å². The van der Waals surface area contributed by atoms with Crippen LogP contribution in [0.3, 0.4) is 0 Å².